The molecular formula is C10H20O5S. The Bertz CT molecular complexity index is 309. The molecule has 2 atom stereocenters. The highest BCUT2D eigenvalue weighted by Crippen LogP contribution is 2.18. The lowest BCUT2D eigenvalue weighted by Gasteiger charge is -2.18. The Morgan fingerprint density at radius 3 is 2.38 bits per heavy atom. The lowest BCUT2D eigenvalue weighted by Crippen LogP contribution is -2.23. The Kier molecular flexibility index (Phi) is 6.59. The molecule has 0 aromatic heterocycles. The van der Waals surface area contributed by atoms with Crippen LogP contribution in [0.1, 0.15) is 39.5 Å². The summed E-state index contributed by atoms with van der Waals surface area (Å²) < 4.78 is 26.7. The Balaban J connectivity index is 4.37. The molecule has 0 heterocycles. The average molecular weight is 252 g/mol. The molecule has 0 saturated heterocycles. The number of carbonyl (C=O) groups is 1. The van der Waals surface area contributed by atoms with Crippen LogP contribution in [0.15, 0.2) is 0 Å². The van der Waals surface area contributed by atoms with E-state index in [1.54, 1.807) is 0 Å². The second kappa shape index (κ2) is 6.85. The molecular weight excluding hydrogens is 232 g/mol. The predicted molar refractivity (Wildman–Crippen MR) is 60.7 cm³/mol. The van der Waals surface area contributed by atoms with Crippen LogP contribution in [0.25, 0.3) is 0 Å². The molecule has 0 spiro atoms. The number of carboxylic acid groups (broad SMARTS) is 1. The first-order valence-corrected chi connectivity index (χ1v) is 7.16. The molecule has 0 radical (unpaired) electrons. The van der Waals surface area contributed by atoms with Gasteiger partial charge in [-0.05, 0) is 12.3 Å². The van der Waals surface area contributed by atoms with Gasteiger partial charge in [-0.3, -0.25) is 8.98 Å². The quantitative estimate of drug-likeness (QED) is 0.664. The van der Waals surface area contributed by atoms with Gasteiger partial charge in [0.05, 0.1) is 18.8 Å². The zero-order valence-electron chi connectivity index (χ0n) is 9.97. The number of hydrogen-bond donors (Lipinski definition) is 1. The molecule has 0 bridgehead atoms. The van der Waals surface area contributed by atoms with E-state index in [9.17, 15) is 13.2 Å². The van der Waals surface area contributed by atoms with Gasteiger partial charge in [0.15, 0.2) is 0 Å². The van der Waals surface area contributed by atoms with E-state index in [0.717, 1.165) is 19.1 Å². The topological polar surface area (TPSA) is 80.7 Å². The van der Waals surface area contributed by atoms with Gasteiger partial charge < -0.3 is 5.11 Å². The number of aliphatic carboxylic acids is 1. The van der Waals surface area contributed by atoms with Crippen molar-refractivity contribution in [2.24, 2.45) is 5.92 Å². The Morgan fingerprint density at radius 1 is 1.44 bits per heavy atom. The summed E-state index contributed by atoms with van der Waals surface area (Å²) in [7, 11) is -3.59. The van der Waals surface area contributed by atoms with E-state index >= 15 is 0 Å². The van der Waals surface area contributed by atoms with Crippen LogP contribution in [0, 0.1) is 5.92 Å². The fraction of sp³-hybridized carbons (Fsp3) is 0.900. The van der Waals surface area contributed by atoms with Crippen molar-refractivity contribution in [3.63, 3.8) is 0 Å². The minimum Gasteiger partial charge on any atom is -0.481 e. The van der Waals surface area contributed by atoms with Gasteiger partial charge in [0.25, 0.3) is 10.1 Å². The van der Waals surface area contributed by atoms with E-state index in [1.165, 1.54) is 0 Å². The van der Waals surface area contributed by atoms with E-state index < -0.39 is 22.2 Å². The molecule has 0 saturated carbocycles. The lowest BCUT2D eigenvalue weighted by molar-refractivity contribution is -0.138. The first-order chi connectivity index (χ1) is 7.24. The smallest absolute Gasteiger partial charge is 0.306 e. The largest absolute Gasteiger partial charge is 0.481 e. The van der Waals surface area contributed by atoms with Crippen molar-refractivity contribution in [2.45, 2.75) is 45.6 Å². The fourth-order valence-corrected chi connectivity index (χ4v) is 2.30. The molecule has 0 aromatic carbocycles. The molecule has 0 aromatic rings. The van der Waals surface area contributed by atoms with Gasteiger partial charge in [0.2, 0.25) is 0 Å². The number of rotatable bonds is 8. The van der Waals surface area contributed by atoms with Crippen LogP contribution in [-0.2, 0) is 19.1 Å². The summed E-state index contributed by atoms with van der Waals surface area (Å²) in [5, 5.41) is 8.65. The van der Waals surface area contributed by atoms with Gasteiger partial charge in [-0.1, -0.05) is 26.7 Å². The Hall–Kier alpha value is -0.620. The van der Waals surface area contributed by atoms with Crippen molar-refractivity contribution in [1.29, 1.82) is 0 Å². The summed E-state index contributed by atoms with van der Waals surface area (Å²) >= 11 is 0. The van der Waals surface area contributed by atoms with Crippen LogP contribution >= 0.6 is 0 Å². The summed E-state index contributed by atoms with van der Waals surface area (Å²) in [6.07, 6.45) is 2.28. The summed E-state index contributed by atoms with van der Waals surface area (Å²) in [6, 6.07) is 0. The zero-order chi connectivity index (χ0) is 12.8. The molecule has 1 N–H and O–H groups in total. The van der Waals surface area contributed by atoms with Gasteiger partial charge in [0, 0.05) is 0 Å². The number of hydrogen-bond acceptors (Lipinski definition) is 4. The van der Waals surface area contributed by atoms with Gasteiger partial charge >= 0.3 is 5.97 Å². The monoisotopic (exact) mass is 252 g/mol. The first kappa shape index (κ1) is 15.4. The van der Waals surface area contributed by atoms with Crippen molar-refractivity contribution in [3.8, 4) is 0 Å². The van der Waals surface area contributed by atoms with E-state index in [1.807, 2.05) is 13.8 Å². The van der Waals surface area contributed by atoms with Crippen molar-refractivity contribution < 1.29 is 22.5 Å². The van der Waals surface area contributed by atoms with Crippen LogP contribution in [0.4, 0.5) is 0 Å². The molecule has 96 valence electrons. The van der Waals surface area contributed by atoms with Crippen molar-refractivity contribution in [1.82, 2.24) is 0 Å². The molecule has 16 heavy (non-hydrogen) atoms. The van der Waals surface area contributed by atoms with Crippen LogP contribution in [0.2, 0.25) is 0 Å². The predicted octanol–water partition coefficient (Wildman–Crippen LogP) is 1.63. The third-order valence-electron chi connectivity index (χ3n) is 2.16. The summed E-state index contributed by atoms with van der Waals surface area (Å²) in [4.78, 5) is 10.6. The maximum absolute atomic E-state index is 10.9. The molecule has 0 amide bonds. The highest BCUT2D eigenvalue weighted by atomic mass is 32.2. The van der Waals surface area contributed by atoms with Crippen molar-refractivity contribution in [2.75, 3.05) is 6.26 Å². The standard InChI is InChI=1S/C10H20O5S/c1-4-5-8(2)6-9(7-10(11)12)15-16(3,13)14/h8-9H,4-7H2,1-3H3,(H,11,12)/t8-,9?/m1/s1. The lowest BCUT2D eigenvalue weighted by atomic mass is 9.97. The first-order valence-electron chi connectivity index (χ1n) is 5.34. The fourth-order valence-electron chi connectivity index (χ4n) is 1.66. The second-order valence-electron chi connectivity index (χ2n) is 4.15. The van der Waals surface area contributed by atoms with E-state index in [2.05, 4.69) is 0 Å². The van der Waals surface area contributed by atoms with E-state index in [4.69, 9.17) is 9.29 Å². The zero-order valence-corrected chi connectivity index (χ0v) is 10.8. The van der Waals surface area contributed by atoms with E-state index in [0.29, 0.717) is 6.42 Å². The van der Waals surface area contributed by atoms with Gasteiger partial charge in [0.1, 0.15) is 0 Å². The third-order valence-corrected chi connectivity index (χ3v) is 2.78. The van der Waals surface area contributed by atoms with Crippen molar-refractivity contribution in [3.05, 3.63) is 0 Å². The Labute approximate surface area is 96.9 Å². The van der Waals surface area contributed by atoms with Gasteiger partial charge in [-0.25, -0.2) is 0 Å². The average Bonchev–Trinajstić information content (AvgIpc) is 1.98. The maximum atomic E-state index is 10.9. The van der Waals surface area contributed by atoms with Crippen LogP contribution in [0.5, 0.6) is 0 Å². The molecule has 0 aliphatic rings. The Morgan fingerprint density at radius 2 is 2.00 bits per heavy atom. The molecule has 6 heteroatoms. The van der Waals surface area contributed by atoms with E-state index in [-0.39, 0.29) is 12.3 Å². The second-order valence-corrected chi connectivity index (χ2v) is 5.75. The van der Waals surface area contributed by atoms with Crippen molar-refractivity contribution >= 4 is 16.1 Å². The van der Waals surface area contributed by atoms with Crippen LogP contribution < -0.4 is 0 Å². The molecule has 0 aliphatic heterocycles. The highest BCUT2D eigenvalue weighted by molar-refractivity contribution is 7.86. The maximum Gasteiger partial charge on any atom is 0.306 e. The summed E-state index contributed by atoms with van der Waals surface area (Å²) in [5.41, 5.74) is 0. The molecule has 5 nitrogen and oxygen atoms in total. The van der Waals surface area contributed by atoms with Gasteiger partial charge in [-0.2, -0.15) is 8.42 Å². The molecule has 0 fully saturated rings. The van der Waals surface area contributed by atoms with Crippen LogP contribution in [0.3, 0.4) is 0 Å². The van der Waals surface area contributed by atoms with Gasteiger partial charge in [-0.15, -0.1) is 0 Å². The highest BCUT2D eigenvalue weighted by Gasteiger charge is 2.21. The minimum atomic E-state index is -3.59. The SMILES string of the molecule is CCC[C@@H](C)CC(CC(=O)O)OS(C)(=O)=O. The normalized spacial score (nSPS) is 15.7. The summed E-state index contributed by atoms with van der Waals surface area (Å²) in [5.74, 6) is -0.784. The van der Waals surface area contributed by atoms with Crippen LogP contribution in [-0.4, -0.2) is 31.9 Å². The molecule has 0 rings (SSSR count). The summed E-state index contributed by atoms with van der Waals surface area (Å²) in [6.45, 7) is 3.99. The molecule has 0 aliphatic carbocycles. The third kappa shape index (κ3) is 8.67. The number of carboxylic acids is 1. The molecule has 1 unspecified atom stereocenters. The minimum absolute atomic E-state index is 0.260.